The fraction of sp³-hybridized carbons (Fsp3) is 0.273. The number of para-hydroxylation sites is 2. The van der Waals surface area contributed by atoms with Crippen LogP contribution < -0.4 is 5.32 Å². The number of nitrogens with zero attached hydrogens (tertiary/aromatic N) is 3. The van der Waals surface area contributed by atoms with Crippen LogP contribution in [-0.4, -0.2) is 54.7 Å². The van der Waals surface area contributed by atoms with E-state index in [1.165, 1.54) is 10.4 Å². The van der Waals surface area contributed by atoms with E-state index in [1.54, 1.807) is 28.9 Å². The number of hydrogen-bond acceptors (Lipinski definition) is 5. The molecule has 8 nitrogen and oxygen atoms in total. The molecule has 4 rings (SSSR count). The number of sulfonamides is 1. The normalized spacial score (nSPS) is 15.0. The van der Waals surface area contributed by atoms with Gasteiger partial charge in [0.15, 0.2) is 0 Å². The number of aromatic nitrogens is 2. The molecule has 0 atom stereocenters. The zero-order chi connectivity index (χ0) is 22.9. The Morgan fingerprint density at radius 2 is 1.81 bits per heavy atom. The molecule has 0 saturated carbocycles. The average Bonchev–Trinajstić information content (AvgIpc) is 3.12. The number of benzene rings is 2. The molecule has 0 bridgehead atoms. The summed E-state index contributed by atoms with van der Waals surface area (Å²) in [5, 5.41) is 7.13. The minimum atomic E-state index is -3.87. The van der Waals surface area contributed by atoms with E-state index in [2.05, 4.69) is 10.4 Å². The van der Waals surface area contributed by atoms with E-state index in [4.69, 9.17) is 4.74 Å². The molecule has 10 heteroatoms. The molecule has 1 saturated heterocycles. The Hall–Kier alpha value is -3.08. The standard InChI is InChI=1S/C22H23FN4O4S/c1-15-13-16(2)27(25-15)21-6-4-3-5-20(21)24-22(28)18-14-17(7-8-19(18)23)32(29,30)26-9-11-31-12-10-26/h3-8,13-14H,9-12H2,1-2H3,(H,24,28). The number of aryl methyl sites for hydroxylation is 2. The quantitative estimate of drug-likeness (QED) is 0.635. The van der Waals surface area contributed by atoms with Crippen molar-refractivity contribution >= 4 is 21.6 Å². The summed E-state index contributed by atoms with van der Waals surface area (Å²) in [6.45, 7) is 4.74. The first-order valence-corrected chi connectivity index (χ1v) is 11.5. The van der Waals surface area contributed by atoms with Crippen molar-refractivity contribution in [2.75, 3.05) is 31.6 Å². The highest BCUT2D eigenvalue weighted by Gasteiger charge is 2.28. The maximum atomic E-state index is 14.5. The lowest BCUT2D eigenvalue weighted by Gasteiger charge is -2.26. The van der Waals surface area contributed by atoms with Gasteiger partial charge >= 0.3 is 0 Å². The van der Waals surface area contributed by atoms with Crippen LogP contribution in [0.4, 0.5) is 10.1 Å². The van der Waals surface area contributed by atoms with Crippen LogP contribution in [0.2, 0.25) is 0 Å². The fourth-order valence-electron chi connectivity index (χ4n) is 3.60. The second-order valence-corrected chi connectivity index (χ2v) is 9.41. The van der Waals surface area contributed by atoms with E-state index in [-0.39, 0.29) is 36.8 Å². The van der Waals surface area contributed by atoms with Gasteiger partial charge in [-0.1, -0.05) is 12.1 Å². The monoisotopic (exact) mass is 458 g/mol. The predicted molar refractivity (Wildman–Crippen MR) is 117 cm³/mol. The van der Waals surface area contributed by atoms with Crippen LogP contribution in [0.3, 0.4) is 0 Å². The zero-order valence-electron chi connectivity index (χ0n) is 17.7. The van der Waals surface area contributed by atoms with Crippen LogP contribution in [0.15, 0.2) is 53.4 Å². The van der Waals surface area contributed by atoms with Crippen molar-refractivity contribution in [3.63, 3.8) is 0 Å². The maximum absolute atomic E-state index is 14.5. The molecule has 32 heavy (non-hydrogen) atoms. The molecule has 1 N–H and O–H groups in total. The van der Waals surface area contributed by atoms with Crippen LogP contribution in [0.5, 0.6) is 0 Å². The van der Waals surface area contributed by atoms with Crippen LogP contribution in [0, 0.1) is 19.7 Å². The predicted octanol–water partition coefficient (Wildman–Crippen LogP) is 2.90. The molecule has 1 aromatic heterocycles. The highest BCUT2D eigenvalue weighted by atomic mass is 32.2. The van der Waals surface area contributed by atoms with Gasteiger partial charge in [0.1, 0.15) is 5.82 Å². The Bertz CT molecular complexity index is 1270. The van der Waals surface area contributed by atoms with E-state index < -0.39 is 21.7 Å². The van der Waals surface area contributed by atoms with Crippen molar-refractivity contribution in [2.24, 2.45) is 0 Å². The molecule has 3 aromatic rings. The van der Waals surface area contributed by atoms with Gasteiger partial charge < -0.3 is 10.1 Å². The lowest BCUT2D eigenvalue weighted by molar-refractivity contribution is 0.0730. The summed E-state index contributed by atoms with van der Waals surface area (Å²) in [6, 6.07) is 12.1. The Kier molecular flexibility index (Phi) is 6.09. The van der Waals surface area contributed by atoms with E-state index >= 15 is 0 Å². The second kappa shape index (κ2) is 8.81. The number of nitrogens with one attached hydrogen (secondary N) is 1. The lowest BCUT2D eigenvalue weighted by Crippen LogP contribution is -2.40. The number of hydrogen-bond donors (Lipinski definition) is 1. The number of ether oxygens (including phenoxy) is 1. The zero-order valence-corrected chi connectivity index (χ0v) is 18.5. The smallest absolute Gasteiger partial charge is 0.258 e. The van der Waals surface area contributed by atoms with Crippen LogP contribution in [-0.2, 0) is 14.8 Å². The molecule has 1 aliphatic heterocycles. The molecule has 1 fully saturated rings. The molecule has 1 aliphatic rings. The van der Waals surface area contributed by atoms with Crippen molar-refractivity contribution in [3.05, 3.63) is 71.3 Å². The van der Waals surface area contributed by atoms with Gasteiger partial charge in [0.05, 0.1) is 40.7 Å². The van der Waals surface area contributed by atoms with Crippen LogP contribution >= 0.6 is 0 Å². The highest BCUT2D eigenvalue weighted by Crippen LogP contribution is 2.24. The Balaban J connectivity index is 1.65. The molecule has 0 unspecified atom stereocenters. The molecule has 1 amide bonds. The number of anilines is 1. The fourth-order valence-corrected chi connectivity index (χ4v) is 5.04. The second-order valence-electron chi connectivity index (χ2n) is 7.47. The molecule has 0 radical (unpaired) electrons. The molecule has 0 aliphatic carbocycles. The third-order valence-corrected chi connectivity index (χ3v) is 7.07. The Morgan fingerprint density at radius 1 is 1.09 bits per heavy atom. The van der Waals surface area contributed by atoms with E-state index in [1.807, 2.05) is 19.9 Å². The minimum Gasteiger partial charge on any atom is -0.379 e. The van der Waals surface area contributed by atoms with Gasteiger partial charge in [-0.25, -0.2) is 17.5 Å². The van der Waals surface area contributed by atoms with Gasteiger partial charge in [-0.15, -0.1) is 0 Å². The van der Waals surface area contributed by atoms with Gasteiger partial charge in [0.2, 0.25) is 10.0 Å². The van der Waals surface area contributed by atoms with Gasteiger partial charge in [-0.05, 0) is 50.2 Å². The third kappa shape index (κ3) is 4.29. The molecule has 0 spiro atoms. The number of halogens is 1. The number of carbonyl (C=O) groups is 1. The first-order valence-electron chi connectivity index (χ1n) is 10.1. The average molecular weight is 459 g/mol. The number of morpholine rings is 1. The Morgan fingerprint density at radius 3 is 2.50 bits per heavy atom. The van der Waals surface area contributed by atoms with Crippen molar-refractivity contribution < 1.29 is 22.3 Å². The summed E-state index contributed by atoms with van der Waals surface area (Å²) >= 11 is 0. The summed E-state index contributed by atoms with van der Waals surface area (Å²) < 4.78 is 48.5. The summed E-state index contributed by atoms with van der Waals surface area (Å²) in [7, 11) is -3.87. The number of carbonyl (C=O) groups excluding carboxylic acids is 1. The van der Waals surface area contributed by atoms with Gasteiger partial charge in [0, 0.05) is 18.8 Å². The van der Waals surface area contributed by atoms with Crippen molar-refractivity contribution in [3.8, 4) is 5.69 Å². The van der Waals surface area contributed by atoms with E-state index in [9.17, 15) is 17.6 Å². The molecule has 2 heterocycles. The van der Waals surface area contributed by atoms with Crippen LogP contribution in [0.25, 0.3) is 5.69 Å². The summed E-state index contributed by atoms with van der Waals surface area (Å²) in [5.74, 6) is -1.57. The molecular weight excluding hydrogens is 435 g/mol. The topological polar surface area (TPSA) is 93.5 Å². The summed E-state index contributed by atoms with van der Waals surface area (Å²) in [6.07, 6.45) is 0. The maximum Gasteiger partial charge on any atom is 0.258 e. The molecule has 168 valence electrons. The van der Waals surface area contributed by atoms with Crippen LogP contribution in [0.1, 0.15) is 21.7 Å². The number of amides is 1. The largest absolute Gasteiger partial charge is 0.379 e. The number of rotatable bonds is 5. The van der Waals surface area contributed by atoms with E-state index in [0.29, 0.717) is 11.4 Å². The molecular formula is C22H23FN4O4S. The highest BCUT2D eigenvalue weighted by molar-refractivity contribution is 7.89. The lowest BCUT2D eigenvalue weighted by atomic mass is 10.2. The van der Waals surface area contributed by atoms with Crippen molar-refractivity contribution in [2.45, 2.75) is 18.7 Å². The van der Waals surface area contributed by atoms with Gasteiger partial charge in [-0.2, -0.15) is 9.40 Å². The first kappa shape index (κ1) is 22.1. The summed E-state index contributed by atoms with van der Waals surface area (Å²) in [4.78, 5) is 12.8. The summed E-state index contributed by atoms with van der Waals surface area (Å²) in [5.41, 5.74) is 2.36. The Labute approximate surface area is 185 Å². The minimum absolute atomic E-state index is 0.141. The van der Waals surface area contributed by atoms with Gasteiger partial charge in [-0.3, -0.25) is 4.79 Å². The van der Waals surface area contributed by atoms with Crippen molar-refractivity contribution in [1.29, 1.82) is 0 Å². The van der Waals surface area contributed by atoms with Gasteiger partial charge in [0.25, 0.3) is 5.91 Å². The molecule has 2 aromatic carbocycles. The first-order chi connectivity index (χ1) is 15.3. The van der Waals surface area contributed by atoms with Crippen molar-refractivity contribution in [1.82, 2.24) is 14.1 Å². The SMILES string of the molecule is Cc1cc(C)n(-c2ccccc2NC(=O)c2cc(S(=O)(=O)N3CCOCC3)ccc2F)n1. The third-order valence-electron chi connectivity index (χ3n) is 5.18. The van der Waals surface area contributed by atoms with E-state index in [0.717, 1.165) is 23.5 Å².